The lowest BCUT2D eigenvalue weighted by Crippen LogP contribution is -2.49. The van der Waals surface area contributed by atoms with Gasteiger partial charge in [-0.15, -0.1) is 0 Å². The summed E-state index contributed by atoms with van der Waals surface area (Å²) < 4.78 is 16.4. The Balaban J connectivity index is 1.65. The highest BCUT2D eigenvalue weighted by Crippen LogP contribution is 2.30. The van der Waals surface area contributed by atoms with Crippen LogP contribution in [0.2, 0.25) is 0 Å². The van der Waals surface area contributed by atoms with E-state index in [-0.39, 0.29) is 5.91 Å². The number of ether oxygens (including phenoxy) is 3. The van der Waals surface area contributed by atoms with Crippen molar-refractivity contribution in [3.05, 3.63) is 59.7 Å². The summed E-state index contributed by atoms with van der Waals surface area (Å²) in [6, 6.07) is 14.3. The van der Waals surface area contributed by atoms with Crippen LogP contribution in [0.25, 0.3) is 0 Å². The summed E-state index contributed by atoms with van der Waals surface area (Å²) in [5, 5.41) is 5.58. The molecule has 2 aromatic carbocycles. The van der Waals surface area contributed by atoms with Crippen molar-refractivity contribution in [1.82, 2.24) is 10.6 Å². The molecule has 0 aromatic heterocycles. The maximum absolute atomic E-state index is 12.9. The Bertz CT molecular complexity index is 877. The summed E-state index contributed by atoms with van der Waals surface area (Å²) in [7, 11) is 0. The van der Waals surface area contributed by atoms with Gasteiger partial charge in [0, 0.05) is 13.0 Å². The number of hydrogen-bond donors (Lipinski definition) is 2. The van der Waals surface area contributed by atoms with Gasteiger partial charge in [0.05, 0.1) is 0 Å². The Labute approximate surface area is 176 Å². The average molecular weight is 412 g/mol. The summed E-state index contributed by atoms with van der Waals surface area (Å²) in [5.74, 6) is 1.07. The average Bonchev–Trinajstić information content (AvgIpc) is 2.71. The molecule has 160 valence electrons. The minimum Gasteiger partial charge on any atom is -0.486 e. The van der Waals surface area contributed by atoms with Crippen molar-refractivity contribution in [2.45, 2.75) is 45.4 Å². The highest BCUT2D eigenvalue weighted by atomic mass is 16.6. The molecule has 1 unspecified atom stereocenters. The molecule has 0 spiro atoms. The number of benzene rings is 2. The van der Waals surface area contributed by atoms with E-state index in [1.165, 1.54) is 0 Å². The Morgan fingerprint density at radius 3 is 2.40 bits per heavy atom. The lowest BCUT2D eigenvalue weighted by Gasteiger charge is -2.23. The first-order chi connectivity index (χ1) is 14.3. The van der Waals surface area contributed by atoms with Crippen LogP contribution >= 0.6 is 0 Å². The van der Waals surface area contributed by atoms with Crippen LogP contribution in [-0.4, -0.2) is 36.9 Å². The number of nitrogens with one attached hydrogen (secondary N) is 2. The molecule has 1 atom stereocenters. The van der Waals surface area contributed by atoms with Crippen molar-refractivity contribution in [2.75, 3.05) is 13.2 Å². The van der Waals surface area contributed by atoms with Crippen LogP contribution in [0, 0.1) is 0 Å². The number of amides is 2. The molecule has 1 aliphatic heterocycles. The fourth-order valence-electron chi connectivity index (χ4n) is 3.02. The third kappa shape index (κ3) is 6.40. The second kappa shape index (κ2) is 9.52. The van der Waals surface area contributed by atoms with Crippen LogP contribution < -0.4 is 20.1 Å². The second-order valence-electron chi connectivity index (χ2n) is 8.08. The molecule has 2 aromatic rings. The van der Waals surface area contributed by atoms with Crippen molar-refractivity contribution < 1.29 is 23.8 Å². The number of fused-ring (bicyclic) bond motifs is 1. The standard InChI is InChI=1S/C23H28N2O5/c1-23(2,3)30-22(27)25-18(13-16-7-5-4-6-8-16)21(26)24-15-17-9-10-19-20(14-17)29-12-11-28-19/h4-10,14,18H,11-13,15H2,1-3H3,(H,24,26)(H,25,27). The molecule has 3 rings (SSSR count). The van der Waals surface area contributed by atoms with Gasteiger partial charge in [0.1, 0.15) is 24.9 Å². The van der Waals surface area contributed by atoms with Crippen LogP contribution in [-0.2, 0) is 22.5 Å². The van der Waals surface area contributed by atoms with Gasteiger partial charge in [-0.3, -0.25) is 4.79 Å². The molecular formula is C23H28N2O5. The molecule has 1 aliphatic rings. The Morgan fingerprint density at radius 1 is 1.00 bits per heavy atom. The zero-order chi connectivity index (χ0) is 21.6. The monoisotopic (exact) mass is 412 g/mol. The third-order valence-electron chi connectivity index (χ3n) is 4.36. The molecule has 0 saturated heterocycles. The minimum absolute atomic E-state index is 0.292. The largest absolute Gasteiger partial charge is 0.486 e. The van der Waals surface area contributed by atoms with E-state index in [4.69, 9.17) is 14.2 Å². The molecule has 2 N–H and O–H groups in total. The Morgan fingerprint density at radius 2 is 1.70 bits per heavy atom. The lowest BCUT2D eigenvalue weighted by atomic mass is 10.1. The van der Waals surface area contributed by atoms with E-state index in [1.807, 2.05) is 48.5 Å². The molecule has 0 radical (unpaired) electrons. The van der Waals surface area contributed by atoms with E-state index in [1.54, 1.807) is 20.8 Å². The van der Waals surface area contributed by atoms with Gasteiger partial charge in [0.25, 0.3) is 0 Å². The van der Waals surface area contributed by atoms with Gasteiger partial charge in [-0.25, -0.2) is 4.79 Å². The van der Waals surface area contributed by atoms with E-state index in [2.05, 4.69) is 10.6 Å². The molecule has 0 fully saturated rings. The summed E-state index contributed by atoms with van der Waals surface area (Å²) >= 11 is 0. The summed E-state index contributed by atoms with van der Waals surface area (Å²) in [6.07, 6.45) is -0.273. The summed E-state index contributed by atoms with van der Waals surface area (Å²) in [4.78, 5) is 25.1. The van der Waals surface area contributed by atoms with E-state index in [9.17, 15) is 9.59 Å². The minimum atomic E-state index is -0.764. The molecule has 1 heterocycles. The first-order valence-electron chi connectivity index (χ1n) is 10.00. The summed E-state index contributed by atoms with van der Waals surface area (Å²) in [6.45, 7) is 6.67. The highest BCUT2D eigenvalue weighted by molar-refractivity contribution is 5.86. The van der Waals surface area contributed by atoms with Crippen molar-refractivity contribution in [3.8, 4) is 11.5 Å². The van der Waals surface area contributed by atoms with Crippen LogP contribution in [0.15, 0.2) is 48.5 Å². The summed E-state index contributed by atoms with van der Waals surface area (Å²) in [5.41, 5.74) is 1.17. The molecule has 2 amide bonds. The van der Waals surface area contributed by atoms with Gasteiger partial charge < -0.3 is 24.8 Å². The van der Waals surface area contributed by atoms with Crippen LogP contribution in [0.5, 0.6) is 11.5 Å². The van der Waals surface area contributed by atoms with E-state index in [0.29, 0.717) is 37.7 Å². The molecule has 0 saturated carbocycles. The van der Waals surface area contributed by atoms with Gasteiger partial charge in [-0.1, -0.05) is 36.4 Å². The number of hydrogen-bond acceptors (Lipinski definition) is 5. The predicted octanol–water partition coefficient (Wildman–Crippen LogP) is 3.21. The predicted molar refractivity (Wildman–Crippen MR) is 113 cm³/mol. The van der Waals surface area contributed by atoms with Crippen molar-refractivity contribution in [1.29, 1.82) is 0 Å². The zero-order valence-corrected chi connectivity index (χ0v) is 17.6. The molecular weight excluding hydrogens is 384 g/mol. The molecule has 0 aliphatic carbocycles. The van der Waals surface area contributed by atoms with Crippen molar-refractivity contribution >= 4 is 12.0 Å². The maximum atomic E-state index is 12.9. The van der Waals surface area contributed by atoms with Crippen molar-refractivity contribution in [2.24, 2.45) is 0 Å². The first-order valence-corrected chi connectivity index (χ1v) is 10.00. The normalized spacial score (nSPS) is 13.8. The molecule has 7 heteroatoms. The highest BCUT2D eigenvalue weighted by Gasteiger charge is 2.24. The van der Waals surface area contributed by atoms with Gasteiger partial charge >= 0.3 is 6.09 Å². The van der Waals surface area contributed by atoms with E-state index < -0.39 is 17.7 Å². The Kier molecular flexibility index (Phi) is 6.82. The molecule has 30 heavy (non-hydrogen) atoms. The third-order valence-corrected chi connectivity index (χ3v) is 4.36. The maximum Gasteiger partial charge on any atom is 0.408 e. The number of alkyl carbamates (subject to hydrolysis) is 1. The topological polar surface area (TPSA) is 85.9 Å². The van der Waals surface area contributed by atoms with E-state index >= 15 is 0 Å². The molecule has 0 bridgehead atoms. The second-order valence-corrected chi connectivity index (χ2v) is 8.08. The Hall–Kier alpha value is -3.22. The van der Waals surface area contributed by atoms with Crippen molar-refractivity contribution in [3.63, 3.8) is 0 Å². The van der Waals surface area contributed by atoms with Crippen LogP contribution in [0.4, 0.5) is 4.79 Å². The quantitative estimate of drug-likeness (QED) is 0.761. The first kappa shape index (κ1) is 21.5. The lowest BCUT2D eigenvalue weighted by molar-refractivity contribution is -0.123. The number of carbonyl (C=O) groups is 2. The van der Waals surface area contributed by atoms with E-state index in [0.717, 1.165) is 11.1 Å². The smallest absolute Gasteiger partial charge is 0.408 e. The fraction of sp³-hybridized carbons (Fsp3) is 0.391. The fourth-order valence-corrected chi connectivity index (χ4v) is 3.02. The SMILES string of the molecule is CC(C)(C)OC(=O)NC(Cc1ccccc1)C(=O)NCc1ccc2c(c1)OCCO2. The van der Waals surface area contributed by atoms with Gasteiger partial charge in [0.15, 0.2) is 11.5 Å². The van der Waals surface area contributed by atoms with Crippen LogP contribution in [0.1, 0.15) is 31.9 Å². The zero-order valence-electron chi connectivity index (χ0n) is 17.6. The van der Waals surface area contributed by atoms with Gasteiger partial charge in [-0.2, -0.15) is 0 Å². The van der Waals surface area contributed by atoms with Crippen LogP contribution in [0.3, 0.4) is 0 Å². The van der Waals surface area contributed by atoms with Gasteiger partial charge in [0.2, 0.25) is 5.91 Å². The van der Waals surface area contributed by atoms with Gasteiger partial charge in [-0.05, 0) is 44.0 Å². The number of rotatable bonds is 6. The molecule has 7 nitrogen and oxygen atoms in total. The number of carbonyl (C=O) groups excluding carboxylic acids is 2.